The molecule has 1 aliphatic carbocycles. The number of carbonyl (C=O) groups excluding carboxylic acids is 3. The molecule has 0 fully saturated rings. The van der Waals surface area contributed by atoms with Crippen LogP contribution in [0.5, 0.6) is 0 Å². The molecule has 0 heterocycles. The van der Waals surface area contributed by atoms with Crippen molar-refractivity contribution in [1.82, 2.24) is 0 Å². The van der Waals surface area contributed by atoms with E-state index < -0.39 is 24.0 Å². The van der Waals surface area contributed by atoms with E-state index in [1.165, 1.54) is 20.3 Å². The molecule has 0 amide bonds. The number of rotatable bonds is 6. The van der Waals surface area contributed by atoms with E-state index in [-0.39, 0.29) is 5.78 Å². The smallest absolute Gasteiger partial charge is 0.339 e. The van der Waals surface area contributed by atoms with Crippen LogP contribution in [0.3, 0.4) is 0 Å². The predicted octanol–water partition coefficient (Wildman–Crippen LogP) is 2.66. The van der Waals surface area contributed by atoms with Crippen molar-refractivity contribution in [1.29, 1.82) is 0 Å². The van der Waals surface area contributed by atoms with Crippen molar-refractivity contribution in [2.75, 3.05) is 24.9 Å². The largest absolute Gasteiger partial charge is 0.465 e. The zero-order valence-corrected chi connectivity index (χ0v) is 15.5. The summed E-state index contributed by atoms with van der Waals surface area (Å²) < 4.78 is 9.61. The first-order valence-corrected chi connectivity index (χ1v) is 8.65. The Hall–Kier alpha value is -3.61. The minimum atomic E-state index is -0.656. The van der Waals surface area contributed by atoms with Gasteiger partial charge in [0.1, 0.15) is 6.04 Å². The van der Waals surface area contributed by atoms with Crippen molar-refractivity contribution in [2.24, 2.45) is 0 Å². The van der Waals surface area contributed by atoms with Crippen LogP contribution in [0.4, 0.5) is 11.4 Å². The summed E-state index contributed by atoms with van der Waals surface area (Å²) in [4.78, 5) is 36.4. The minimum absolute atomic E-state index is 0.146. The molecular weight excluding hydrogens is 360 g/mol. The average Bonchev–Trinajstić information content (AvgIpc) is 3.07. The molecule has 0 aliphatic heterocycles. The number of hydrogen-bond acceptors (Lipinski definition) is 7. The van der Waals surface area contributed by atoms with Crippen LogP contribution < -0.4 is 10.6 Å². The van der Waals surface area contributed by atoms with E-state index >= 15 is 0 Å². The fourth-order valence-corrected chi connectivity index (χ4v) is 3.02. The van der Waals surface area contributed by atoms with E-state index in [9.17, 15) is 14.4 Å². The van der Waals surface area contributed by atoms with Crippen LogP contribution in [0.1, 0.15) is 20.7 Å². The third kappa shape index (κ3) is 3.88. The Balaban J connectivity index is 1.85. The molecule has 7 nitrogen and oxygen atoms in total. The lowest BCUT2D eigenvalue weighted by atomic mass is 10.1. The van der Waals surface area contributed by atoms with Gasteiger partial charge in [-0.3, -0.25) is 4.79 Å². The number of para-hydroxylation sites is 2. The molecule has 0 bridgehead atoms. The van der Waals surface area contributed by atoms with E-state index in [4.69, 9.17) is 9.47 Å². The molecule has 0 radical (unpaired) electrons. The number of carbonyl (C=O) groups is 3. The summed E-state index contributed by atoms with van der Waals surface area (Å²) in [5.41, 5.74) is 1.74. The zero-order chi connectivity index (χ0) is 20.1. The highest BCUT2D eigenvalue weighted by Gasteiger charge is 2.31. The van der Waals surface area contributed by atoms with Gasteiger partial charge in [-0.05, 0) is 30.3 Å². The molecule has 28 heavy (non-hydrogen) atoms. The van der Waals surface area contributed by atoms with Gasteiger partial charge < -0.3 is 20.1 Å². The molecule has 0 spiro atoms. The summed E-state index contributed by atoms with van der Waals surface area (Å²) in [6.45, 7) is 0. The number of anilines is 2. The van der Waals surface area contributed by atoms with Gasteiger partial charge in [0.25, 0.3) is 0 Å². The first-order valence-electron chi connectivity index (χ1n) is 8.65. The van der Waals surface area contributed by atoms with E-state index in [0.29, 0.717) is 22.5 Å². The van der Waals surface area contributed by atoms with Gasteiger partial charge in [-0.1, -0.05) is 30.3 Å². The van der Waals surface area contributed by atoms with Gasteiger partial charge in [-0.15, -0.1) is 0 Å². The van der Waals surface area contributed by atoms with Crippen molar-refractivity contribution in [3.63, 3.8) is 0 Å². The van der Waals surface area contributed by atoms with E-state index in [1.54, 1.807) is 54.6 Å². The molecule has 0 saturated heterocycles. The maximum Gasteiger partial charge on any atom is 0.339 e. The van der Waals surface area contributed by atoms with Gasteiger partial charge in [-0.25, -0.2) is 9.59 Å². The highest BCUT2D eigenvalue weighted by molar-refractivity contribution is 6.03. The number of hydrogen-bond donors (Lipinski definition) is 2. The van der Waals surface area contributed by atoms with Crippen LogP contribution in [-0.4, -0.2) is 44.0 Å². The number of esters is 2. The topological polar surface area (TPSA) is 93.7 Å². The lowest BCUT2D eigenvalue weighted by Gasteiger charge is -2.24. The molecule has 2 N–H and O–H groups in total. The summed E-state index contributed by atoms with van der Waals surface area (Å²) >= 11 is 0. The highest BCUT2D eigenvalue weighted by atomic mass is 16.5. The van der Waals surface area contributed by atoms with Crippen molar-refractivity contribution in [2.45, 2.75) is 12.1 Å². The Kier molecular flexibility index (Phi) is 5.74. The second kappa shape index (κ2) is 8.39. The van der Waals surface area contributed by atoms with Crippen molar-refractivity contribution in [3.05, 3.63) is 71.8 Å². The number of nitrogens with one attached hydrogen (secondary N) is 2. The van der Waals surface area contributed by atoms with E-state index in [2.05, 4.69) is 10.6 Å². The molecule has 144 valence electrons. The molecule has 7 heteroatoms. The Labute approximate surface area is 162 Å². The van der Waals surface area contributed by atoms with Crippen LogP contribution in [0.2, 0.25) is 0 Å². The monoisotopic (exact) mass is 380 g/mol. The number of ketones is 1. The predicted molar refractivity (Wildman–Crippen MR) is 105 cm³/mol. The fourth-order valence-electron chi connectivity index (χ4n) is 3.02. The van der Waals surface area contributed by atoms with Gasteiger partial charge in [0.15, 0.2) is 5.78 Å². The van der Waals surface area contributed by atoms with Crippen molar-refractivity contribution < 1.29 is 23.9 Å². The molecule has 2 aromatic carbocycles. The van der Waals surface area contributed by atoms with Gasteiger partial charge >= 0.3 is 11.9 Å². The summed E-state index contributed by atoms with van der Waals surface area (Å²) in [5.74, 6) is -1.12. The lowest BCUT2D eigenvalue weighted by molar-refractivity contribution is -0.114. The van der Waals surface area contributed by atoms with Crippen LogP contribution >= 0.6 is 0 Å². The minimum Gasteiger partial charge on any atom is -0.465 e. The first kappa shape index (κ1) is 19.2. The van der Waals surface area contributed by atoms with Gasteiger partial charge in [0, 0.05) is 11.4 Å². The summed E-state index contributed by atoms with van der Waals surface area (Å²) in [6, 6.07) is 12.6. The second-order valence-corrected chi connectivity index (χ2v) is 6.13. The molecule has 0 aromatic heterocycles. The first-order chi connectivity index (χ1) is 13.5. The third-order valence-corrected chi connectivity index (χ3v) is 4.43. The molecule has 1 aliphatic rings. The lowest BCUT2D eigenvalue weighted by Crippen LogP contribution is -2.40. The maximum atomic E-state index is 12.4. The number of benzene rings is 2. The molecule has 2 unspecified atom stereocenters. The molecule has 2 atom stereocenters. The Morgan fingerprint density at radius 2 is 1.32 bits per heavy atom. The summed E-state index contributed by atoms with van der Waals surface area (Å²) in [7, 11) is 2.61. The quantitative estimate of drug-likeness (QED) is 0.744. The van der Waals surface area contributed by atoms with Crippen LogP contribution in [0, 0.1) is 0 Å². The van der Waals surface area contributed by atoms with Crippen molar-refractivity contribution >= 4 is 29.1 Å². The molecule has 0 saturated carbocycles. The Bertz CT molecular complexity index is 938. The average molecular weight is 380 g/mol. The molecule has 2 aromatic rings. The van der Waals surface area contributed by atoms with Gasteiger partial charge in [0.2, 0.25) is 0 Å². The molecule has 3 rings (SSSR count). The van der Waals surface area contributed by atoms with Crippen LogP contribution in [0.25, 0.3) is 0 Å². The maximum absolute atomic E-state index is 12.4. The van der Waals surface area contributed by atoms with Crippen LogP contribution in [-0.2, 0) is 14.3 Å². The normalized spacial score (nSPS) is 17.9. The van der Waals surface area contributed by atoms with E-state index in [0.717, 1.165) is 0 Å². The van der Waals surface area contributed by atoms with Crippen molar-refractivity contribution in [3.8, 4) is 0 Å². The molecular formula is C21H20N2O5. The second-order valence-electron chi connectivity index (χ2n) is 6.13. The fraction of sp³-hybridized carbons (Fsp3) is 0.190. The van der Waals surface area contributed by atoms with Gasteiger partial charge in [0.05, 0.1) is 31.4 Å². The van der Waals surface area contributed by atoms with E-state index in [1.807, 2.05) is 0 Å². The SMILES string of the molecule is COC(=O)c1ccccc1NC1C=CC(=O)C1Nc1ccccc1C(=O)OC. The summed E-state index contributed by atoms with van der Waals surface area (Å²) in [5, 5.41) is 6.32. The third-order valence-electron chi connectivity index (χ3n) is 4.43. The highest BCUT2D eigenvalue weighted by Crippen LogP contribution is 2.24. The van der Waals surface area contributed by atoms with Crippen LogP contribution in [0.15, 0.2) is 60.7 Å². The number of ether oxygens (including phenoxy) is 2. The Morgan fingerprint density at radius 1 is 0.821 bits per heavy atom. The van der Waals surface area contributed by atoms with Gasteiger partial charge in [-0.2, -0.15) is 0 Å². The standard InChI is InChI=1S/C21H20N2O5/c1-27-20(25)13-7-3-5-9-15(13)22-17-11-12-18(24)19(17)23-16-10-6-4-8-14(16)21(26)28-2/h3-12,17,19,22-23H,1-2H3. The summed E-state index contributed by atoms with van der Waals surface area (Å²) in [6.07, 6.45) is 3.19. The Morgan fingerprint density at radius 3 is 1.86 bits per heavy atom. The zero-order valence-electron chi connectivity index (χ0n) is 15.5. The number of methoxy groups -OCH3 is 2.